The average molecular weight is 503 g/mol. The first-order valence-electron chi connectivity index (χ1n) is 12.3. The number of piperazine rings is 1. The standard InChI is InChI=1S/C28H30N4O3S/c1-3-35-27(34)24-25(20-10-6-4-7-11-20)29-28-32(26(24)21-12-8-5-9-13-21)22(19-36-28)18-23(33)31-16-14-30(2)15-17-31/h4-13,19,26H,3,14-18H2,1-2H3/t26-/m0/s1. The summed E-state index contributed by atoms with van der Waals surface area (Å²) in [6, 6.07) is 19.2. The van der Waals surface area contributed by atoms with Gasteiger partial charge in [-0.05, 0) is 24.9 Å². The number of amides is 1. The van der Waals surface area contributed by atoms with E-state index in [9.17, 15) is 9.59 Å². The smallest absolute Gasteiger partial charge is 0.338 e. The van der Waals surface area contributed by atoms with E-state index in [4.69, 9.17) is 9.73 Å². The van der Waals surface area contributed by atoms with Gasteiger partial charge in [-0.15, -0.1) is 0 Å². The van der Waals surface area contributed by atoms with Gasteiger partial charge in [0.15, 0.2) is 5.17 Å². The van der Waals surface area contributed by atoms with E-state index in [0.717, 1.165) is 48.2 Å². The number of fused-ring (bicyclic) bond motifs is 1. The fourth-order valence-corrected chi connectivity index (χ4v) is 5.68. The van der Waals surface area contributed by atoms with Crippen molar-refractivity contribution in [2.45, 2.75) is 19.4 Å². The summed E-state index contributed by atoms with van der Waals surface area (Å²) in [4.78, 5) is 37.9. The van der Waals surface area contributed by atoms with E-state index in [2.05, 4.69) is 11.9 Å². The summed E-state index contributed by atoms with van der Waals surface area (Å²) in [6.45, 7) is 5.27. The number of esters is 1. The molecule has 2 aromatic rings. The monoisotopic (exact) mass is 502 g/mol. The van der Waals surface area contributed by atoms with Crippen molar-refractivity contribution < 1.29 is 14.3 Å². The first-order valence-corrected chi connectivity index (χ1v) is 13.2. The van der Waals surface area contributed by atoms with Crippen LogP contribution < -0.4 is 0 Å². The van der Waals surface area contributed by atoms with E-state index in [0.29, 0.717) is 11.3 Å². The van der Waals surface area contributed by atoms with Crippen LogP contribution in [0.3, 0.4) is 0 Å². The number of aliphatic imine (C=N–C) groups is 1. The van der Waals surface area contributed by atoms with E-state index < -0.39 is 12.0 Å². The van der Waals surface area contributed by atoms with Crippen molar-refractivity contribution >= 4 is 34.5 Å². The molecule has 0 unspecified atom stereocenters. The molecule has 1 atom stereocenters. The number of amidine groups is 1. The third kappa shape index (κ3) is 4.83. The van der Waals surface area contributed by atoms with E-state index in [1.807, 2.05) is 75.9 Å². The predicted molar refractivity (Wildman–Crippen MR) is 143 cm³/mol. The molecule has 0 aliphatic carbocycles. The van der Waals surface area contributed by atoms with Crippen LogP contribution in [0.25, 0.3) is 5.70 Å². The van der Waals surface area contributed by atoms with E-state index >= 15 is 0 Å². The molecule has 0 radical (unpaired) electrons. The Morgan fingerprint density at radius 3 is 2.33 bits per heavy atom. The number of rotatable bonds is 6. The highest BCUT2D eigenvalue weighted by Gasteiger charge is 2.42. The largest absolute Gasteiger partial charge is 0.463 e. The SMILES string of the molecule is CCOC(=O)C1=C(c2ccccc2)N=C2SC=C(CC(=O)N3CCN(C)CC3)N2[C@H]1c1ccccc1. The van der Waals surface area contributed by atoms with Crippen molar-refractivity contribution in [1.82, 2.24) is 14.7 Å². The molecule has 1 fully saturated rings. The van der Waals surface area contributed by atoms with Crippen LogP contribution in [0, 0.1) is 0 Å². The summed E-state index contributed by atoms with van der Waals surface area (Å²) < 4.78 is 5.56. The number of thioether (sulfide) groups is 1. The lowest BCUT2D eigenvalue weighted by Crippen LogP contribution is -2.47. The van der Waals surface area contributed by atoms with Gasteiger partial charge in [-0.2, -0.15) is 0 Å². The molecule has 36 heavy (non-hydrogen) atoms. The number of hydrogen-bond donors (Lipinski definition) is 0. The van der Waals surface area contributed by atoms with Gasteiger partial charge in [0.25, 0.3) is 0 Å². The minimum absolute atomic E-state index is 0.0959. The zero-order chi connectivity index (χ0) is 25.1. The quantitative estimate of drug-likeness (QED) is 0.554. The summed E-state index contributed by atoms with van der Waals surface area (Å²) >= 11 is 1.50. The third-order valence-corrected chi connectivity index (χ3v) is 7.55. The molecule has 186 valence electrons. The molecule has 5 rings (SSSR count). The zero-order valence-electron chi connectivity index (χ0n) is 20.6. The summed E-state index contributed by atoms with van der Waals surface area (Å²) in [5.74, 6) is -0.298. The van der Waals surface area contributed by atoms with Crippen molar-refractivity contribution in [2.24, 2.45) is 4.99 Å². The van der Waals surface area contributed by atoms with Crippen molar-refractivity contribution in [3.8, 4) is 0 Å². The van der Waals surface area contributed by atoms with Gasteiger partial charge < -0.3 is 19.4 Å². The van der Waals surface area contributed by atoms with Gasteiger partial charge in [-0.1, -0.05) is 72.4 Å². The number of nitrogens with zero attached hydrogens (tertiary/aromatic N) is 4. The summed E-state index contributed by atoms with van der Waals surface area (Å²) in [5, 5.41) is 2.76. The first-order chi connectivity index (χ1) is 17.6. The number of carbonyl (C=O) groups is 2. The van der Waals surface area contributed by atoms with Crippen LogP contribution in [0.5, 0.6) is 0 Å². The van der Waals surface area contributed by atoms with Crippen LogP contribution >= 0.6 is 11.8 Å². The molecule has 3 aliphatic heterocycles. The maximum atomic E-state index is 13.5. The highest BCUT2D eigenvalue weighted by atomic mass is 32.2. The first kappa shape index (κ1) is 24.3. The van der Waals surface area contributed by atoms with E-state index in [1.54, 1.807) is 6.92 Å². The number of ether oxygens (including phenoxy) is 1. The molecule has 3 heterocycles. The fraction of sp³-hybridized carbons (Fsp3) is 0.321. The van der Waals surface area contributed by atoms with E-state index in [-0.39, 0.29) is 18.9 Å². The normalized spacial score (nSPS) is 20.1. The second-order valence-corrected chi connectivity index (χ2v) is 9.85. The summed E-state index contributed by atoms with van der Waals surface area (Å²) in [7, 11) is 2.08. The number of benzene rings is 2. The maximum absolute atomic E-state index is 13.5. The molecule has 0 aromatic heterocycles. The molecule has 1 amide bonds. The average Bonchev–Trinajstić information content (AvgIpc) is 3.31. The van der Waals surface area contributed by atoms with Crippen LogP contribution in [0.4, 0.5) is 0 Å². The van der Waals surface area contributed by atoms with Crippen molar-refractivity contribution in [1.29, 1.82) is 0 Å². The number of hydrogen-bond acceptors (Lipinski definition) is 7. The Hall–Kier alpha value is -3.36. The molecule has 0 saturated carbocycles. The molecule has 0 N–H and O–H groups in total. The molecule has 2 aromatic carbocycles. The van der Waals surface area contributed by atoms with Crippen molar-refractivity contribution in [3.63, 3.8) is 0 Å². The Bertz CT molecular complexity index is 1220. The Labute approximate surface area is 216 Å². The zero-order valence-corrected chi connectivity index (χ0v) is 21.4. The lowest BCUT2D eigenvalue weighted by atomic mass is 9.91. The van der Waals surface area contributed by atoms with Gasteiger partial charge in [0.2, 0.25) is 5.91 Å². The van der Waals surface area contributed by atoms with Crippen molar-refractivity contribution in [2.75, 3.05) is 39.8 Å². The van der Waals surface area contributed by atoms with Crippen LogP contribution in [-0.2, 0) is 14.3 Å². The van der Waals surface area contributed by atoms with Crippen LogP contribution in [0.1, 0.15) is 30.5 Å². The molecular formula is C28H30N4O3S. The van der Waals surface area contributed by atoms with Gasteiger partial charge >= 0.3 is 5.97 Å². The van der Waals surface area contributed by atoms with E-state index in [1.165, 1.54) is 11.8 Å². The Balaban J connectivity index is 1.56. The molecule has 0 bridgehead atoms. The topological polar surface area (TPSA) is 65.5 Å². The van der Waals surface area contributed by atoms with Crippen molar-refractivity contribution in [3.05, 3.63) is 88.5 Å². The molecule has 7 nitrogen and oxygen atoms in total. The fourth-order valence-electron chi connectivity index (χ4n) is 4.76. The van der Waals surface area contributed by atoms with Gasteiger partial charge in [0.05, 0.1) is 30.3 Å². The maximum Gasteiger partial charge on any atom is 0.338 e. The highest BCUT2D eigenvalue weighted by Crippen LogP contribution is 2.47. The highest BCUT2D eigenvalue weighted by molar-refractivity contribution is 8.16. The Morgan fingerprint density at radius 2 is 1.67 bits per heavy atom. The third-order valence-electron chi connectivity index (χ3n) is 6.66. The van der Waals surface area contributed by atoms with Gasteiger partial charge in [-0.25, -0.2) is 9.79 Å². The minimum Gasteiger partial charge on any atom is -0.463 e. The molecule has 3 aliphatic rings. The van der Waals surface area contributed by atoms with Crippen LogP contribution in [0.15, 0.2) is 82.3 Å². The van der Waals surface area contributed by atoms with Gasteiger partial charge in [0.1, 0.15) is 0 Å². The predicted octanol–water partition coefficient (Wildman–Crippen LogP) is 4.13. The minimum atomic E-state index is -0.450. The lowest BCUT2D eigenvalue weighted by molar-refractivity contribution is -0.139. The second kappa shape index (κ2) is 10.7. The molecule has 1 saturated heterocycles. The summed E-state index contributed by atoms with van der Waals surface area (Å²) in [6.07, 6.45) is 0.260. The molecule has 0 spiro atoms. The second-order valence-electron chi connectivity index (χ2n) is 9.01. The summed E-state index contributed by atoms with van der Waals surface area (Å²) in [5.41, 5.74) is 3.75. The lowest BCUT2D eigenvalue weighted by Gasteiger charge is -2.38. The van der Waals surface area contributed by atoms with Crippen LogP contribution in [0.2, 0.25) is 0 Å². The van der Waals surface area contributed by atoms with Gasteiger partial charge in [0, 0.05) is 37.4 Å². The Kier molecular flexibility index (Phi) is 7.25. The molecular weight excluding hydrogens is 472 g/mol. The number of carbonyl (C=O) groups excluding carboxylic acids is 2. The van der Waals surface area contributed by atoms with Crippen LogP contribution in [-0.4, -0.2) is 71.6 Å². The van der Waals surface area contributed by atoms with Gasteiger partial charge in [-0.3, -0.25) is 4.79 Å². The number of likely N-dealkylation sites (N-methyl/N-ethyl adjacent to an activating group) is 1. The Morgan fingerprint density at radius 1 is 1.00 bits per heavy atom. The molecule has 8 heteroatoms.